The smallest absolute Gasteiger partial charge is 0.230 e. The third kappa shape index (κ3) is 7.67. The molecule has 0 radical (unpaired) electrons. The Kier molecular flexibility index (Phi) is 9.37. The predicted molar refractivity (Wildman–Crippen MR) is 142 cm³/mol. The van der Waals surface area contributed by atoms with E-state index in [-0.39, 0.29) is 11.9 Å². The first-order valence-electron chi connectivity index (χ1n) is 12.7. The molecule has 1 atom stereocenters. The SMILES string of the molecule is CC(C)CC(NC(=O)CSc1nnc(CN2CCCCC2)n1Cc1ccccc1)c1ccccc1. The van der Waals surface area contributed by atoms with E-state index in [9.17, 15) is 4.79 Å². The van der Waals surface area contributed by atoms with Crippen LogP contribution in [0.5, 0.6) is 0 Å². The Hall–Kier alpha value is -2.64. The van der Waals surface area contributed by atoms with E-state index in [2.05, 4.69) is 75.2 Å². The van der Waals surface area contributed by atoms with Crippen molar-refractivity contribution < 1.29 is 4.79 Å². The standard InChI is InChI=1S/C28H37N5OS/c1-22(2)18-25(24-14-8-4-9-15-24)29-27(34)21-35-28-31-30-26(20-32-16-10-5-11-17-32)33(28)19-23-12-6-3-7-13-23/h3-4,6-9,12-15,22,25H,5,10-11,16-21H2,1-2H3,(H,29,34). The summed E-state index contributed by atoms with van der Waals surface area (Å²) in [7, 11) is 0. The van der Waals surface area contributed by atoms with Gasteiger partial charge in [0.15, 0.2) is 5.16 Å². The number of rotatable bonds is 11. The highest BCUT2D eigenvalue weighted by Gasteiger charge is 2.20. The number of carbonyl (C=O) groups is 1. The molecule has 7 heteroatoms. The van der Waals surface area contributed by atoms with Crippen molar-refractivity contribution in [3.63, 3.8) is 0 Å². The molecule has 1 fully saturated rings. The molecule has 1 saturated heterocycles. The molecule has 2 heterocycles. The average molecular weight is 492 g/mol. The van der Waals surface area contributed by atoms with Crippen LogP contribution in [0.15, 0.2) is 65.8 Å². The van der Waals surface area contributed by atoms with Crippen LogP contribution in [0, 0.1) is 5.92 Å². The molecule has 4 rings (SSSR count). The van der Waals surface area contributed by atoms with Crippen LogP contribution in [0.1, 0.15) is 62.5 Å². The lowest BCUT2D eigenvalue weighted by molar-refractivity contribution is -0.119. The second kappa shape index (κ2) is 12.9. The highest BCUT2D eigenvalue weighted by Crippen LogP contribution is 2.24. The summed E-state index contributed by atoms with van der Waals surface area (Å²) in [4.78, 5) is 15.4. The Morgan fingerprint density at radius 2 is 1.63 bits per heavy atom. The van der Waals surface area contributed by atoms with Gasteiger partial charge in [0.25, 0.3) is 0 Å². The van der Waals surface area contributed by atoms with Gasteiger partial charge in [0, 0.05) is 0 Å². The molecule has 0 bridgehead atoms. The summed E-state index contributed by atoms with van der Waals surface area (Å²) in [6.45, 7) is 8.11. The van der Waals surface area contributed by atoms with Gasteiger partial charge in [0.2, 0.25) is 5.91 Å². The largest absolute Gasteiger partial charge is 0.349 e. The lowest BCUT2D eigenvalue weighted by Crippen LogP contribution is -2.31. The molecular weight excluding hydrogens is 454 g/mol. The fourth-order valence-electron chi connectivity index (χ4n) is 4.59. The molecule has 1 unspecified atom stereocenters. The fraction of sp³-hybridized carbons (Fsp3) is 0.464. The Morgan fingerprint density at radius 3 is 2.31 bits per heavy atom. The maximum atomic E-state index is 13.0. The number of nitrogens with one attached hydrogen (secondary N) is 1. The third-order valence-corrected chi connectivity index (χ3v) is 7.33. The normalized spacial score (nSPS) is 15.3. The number of benzene rings is 2. The van der Waals surface area contributed by atoms with Gasteiger partial charge in [-0.2, -0.15) is 0 Å². The van der Waals surface area contributed by atoms with Crippen molar-refractivity contribution in [3.8, 4) is 0 Å². The summed E-state index contributed by atoms with van der Waals surface area (Å²) >= 11 is 1.47. The monoisotopic (exact) mass is 491 g/mol. The Labute approximate surface area is 213 Å². The van der Waals surface area contributed by atoms with Crippen molar-refractivity contribution >= 4 is 17.7 Å². The Balaban J connectivity index is 1.44. The van der Waals surface area contributed by atoms with E-state index >= 15 is 0 Å². The lowest BCUT2D eigenvalue weighted by atomic mass is 9.97. The number of piperidine rings is 1. The van der Waals surface area contributed by atoms with Crippen LogP contribution in [-0.4, -0.2) is 44.4 Å². The molecule has 186 valence electrons. The number of thioether (sulfide) groups is 1. The minimum atomic E-state index is 0.0150. The quantitative estimate of drug-likeness (QED) is 0.369. The Morgan fingerprint density at radius 1 is 0.943 bits per heavy atom. The lowest BCUT2D eigenvalue weighted by Gasteiger charge is -2.26. The van der Waals surface area contributed by atoms with E-state index < -0.39 is 0 Å². The highest BCUT2D eigenvalue weighted by atomic mass is 32.2. The maximum absolute atomic E-state index is 13.0. The van der Waals surface area contributed by atoms with Crippen LogP contribution < -0.4 is 5.32 Å². The van der Waals surface area contributed by atoms with Gasteiger partial charge in [-0.15, -0.1) is 10.2 Å². The topological polar surface area (TPSA) is 63.1 Å². The van der Waals surface area contributed by atoms with Crippen LogP contribution in [0.25, 0.3) is 0 Å². The molecule has 1 aromatic heterocycles. The van der Waals surface area contributed by atoms with Crippen LogP contribution in [0.4, 0.5) is 0 Å². The summed E-state index contributed by atoms with van der Waals surface area (Å²) < 4.78 is 2.19. The molecule has 0 spiro atoms. The molecule has 0 aliphatic carbocycles. The van der Waals surface area contributed by atoms with Crippen molar-refractivity contribution in [3.05, 3.63) is 77.6 Å². The molecule has 1 N–H and O–H groups in total. The van der Waals surface area contributed by atoms with E-state index in [0.717, 1.165) is 42.6 Å². The van der Waals surface area contributed by atoms with E-state index in [1.807, 2.05) is 24.3 Å². The van der Waals surface area contributed by atoms with E-state index in [1.165, 1.54) is 36.6 Å². The van der Waals surface area contributed by atoms with E-state index in [1.54, 1.807) is 0 Å². The molecule has 1 amide bonds. The van der Waals surface area contributed by atoms with Gasteiger partial charge < -0.3 is 9.88 Å². The molecule has 0 saturated carbocycles. The van der Waals surface area contributed by atoms with Crippen molar-refractivity contribution in [2.75, 3.05) is 18.8 Å². The number of nitrogens with zero attached hydrogens (tertiary/aromatic N) is 4. The third-order valence-electron chi connectivity index (χ3n) is 6.37. The van der Waals surface area contributed by atoms with Gasteiger partial charge in [-0.1, -0.05) is 92.7 Å². The predicted octanol–water partition coefficient (Wildman–Crippen LogP) is 5.31. The van der Waals surface area contributed by atoms with Gasteiger partial charge in [-0.05, 0) is 49.4 Å². The minimum absolute atomic E-state index is 0.0150. The first-order chi connectivity index (χ1) is 17.1. The summed E-state index contributed by atoms with van der Waals surface area (Å²) in [5.74, 6) is 1.80. The van der Waals surface area contributed by atoms with Crippen LogP contribution in [0.2, 0.25) is 0 Å². The zero-order valence-electron chi connectivity index (χ0n) is 20.9. The summed E-state index contributed by atoms with van der Waals surface area (Å²) in [5, 5.41) is 13.1. The summed E-state index contributed by atoms with van der Waals surface area (Å²) in [5.41, 5.74) is 2.36. The van der Waals surface area contributed by atoms with Crippen molar-refractivity contribution in [2.24, 2.45) is 5.92 Å². The molecule has 6 nitrogen and oxygen atoms in total. The zero-order chi connectivity index (χ0) is 24.5. The van der Waals surface area contributed by atoms with Crippen LogP contribution in [0.3, 0.4) is 0 Å². The second-order valence-electron chi connectivity index (χ2n) is 9.76. The highest BCUT2D eigenvalue weighted by molar-refractivity contribution is 7.99. The minimum Gasteiger partial charge on any atom is -0.349 e. The number of likely N-dealkylation sites (tertiary alicyclic amines) is 1. The molecular formula is C28H37N5OS. The van der Waals surface area contributed by atoms with Gasteiger partial charge >= 0.3 is 0 Å². The van der Waals surface area contributed by atoms with Crippen LogP contribution >= 0.6 is 11.8 Å². The number of carbonyl (C=O) groups excluding carboxylic acids is 1. The second-order valence-corrected chi connectivity index (χ2v) is 10.7. The van der Waals surface area contributed by atoms with Gasteiger partial charge in [0.05, 0.1) is 24.9 Å². The Bertz CT molecular complexity index is 1050. The van der Waals surface area contributed by atoms with E-state index in [4.69, 9.17) is 0 Å². The zero-order valence-corrected chi connectivity index (χ0v) is 21.7. The molecule has 35 heavy (non-hydrogen) atoms. The van der Waals surface area contributed by atoms with E-state index in [0.29, 0.717) is 18.2 Å². The number of hydrogen-bond donors (Lipinski definition) is 1. The molecule has 3 aromatic rings. The molecule has 2 aromatic carbocycles. The van der Waals surface area contributed by atoms with Crippen LogP contribution in [-0.2, 0) is 17.9 Å². The first kappa shape index (κ1) is 25.5. The maximum Gasteiger partial charge on any atom is 0.230 e. The fourth-order valence-corrected chi connectivity index (χ4v) is 5.35. The molecule has 1 aliphatic rings. The molecule has 1 aliphatic heterocycles. The van der Waals surface area contributed by atoms with Gasteiger partial charge in [-0.3, -0.25) is 9.69 Å². The summed E-state index contributed by atoms with van der Waals surface area (Å²) in [6, 6.07) is 20.7. The van der Waals surface area contributed by atoms with Crippen molar-refractivity contribution in [2.45, 2.75) is 63.8 Å². The van der Waals surface area contributed by atoms with Gasteiger partial charge in [-0.25, -0.2) is 0 Å². The number of aromatic nitrogens is 3. The number of hydrogen-bond acceptors (Lipinski definition) is 5. The first-order valence-corrected chi connectivity index (χ1v) is 13.7. The van der Waals surface area contributed by atoms with Crippen molar-refractivity contribution in [1.82, 2.24) is 25.0 Å². The average Bonchev–Trinajstić information content (AvgIpc) is 3.24. The van der Waals surface area contributed by atoms with Crippen molar-refractivity contribution in [1.29, 1.82) is 0 Å². The van der Waals surface area contributed by atoms with Gasteiger partial charge in [0.1, 0.15) is 5.82 Å². The summed E-state index contributed by atoms with van der Waals surface area (Å²) in [6.07, 6.45) is 4.70. The number of amides is 1.